The van der Waals surface area contributed by atoms with Gasteiger partial charge in [0, 0.05) is 12.5 Å². The first kappa shape index (κ1) is 22.3. The Morgan fingerprint density at radius 3 is 2.48 bits per heavy atom. The van der Waals surface area contributed by atoms with Crippen LogP contribution in [0, 0.1) is 5.82 Å². The SMILES string of the molecule is COC(=O)C1=C(C)N=c2sc(=Cc3ccccc3F)c(=O)n2C1c1ccc(OC(C)=O)cc1. The van der Waals surface area contributed by atoms with E-state index in [2.05, 4.69) is 4.99 Å². The molecule has 4 rings (SSSR count). The van der Waals surface area contributed by atoms with E-state index in [1.807, 2.05) is 0 Å². The number of fused-ring (bicyclic) bond motifs is 1. The maximum Gasteiger partial charge on any atom is 0.338 e. The van der Waals surface area contributed by atoms with Crippen LogP contribution in [0.3, 0.4) is 0 Å². The van der Waals surface area contributed by atoms with Crippen LogP contribution in [-0.2, 0) is 14.3 Å². The van der Waals surface area contributed by atoms with Crippen molar-refractivity contribution in [2.24, 2.45) is 4.99 Å². The lowest BCUT2D eigenvalue weighted by molar-refractivity contribution is -0.136. The predicted octanol–water partition coefficient (Wildman–Crippen LogP) is 2.47. The van der Waals surface area contributed by atoms with E-state index in [-0.39, 0.29) is 15.7 Å². The molecule has 1 aliphatic heterocycles. The molecule has 0 bridgehead atoms. The van der Waals surface area contributed by atoms with Crippen LogP contribution >= 0.6 is 11.3 Å². The molecule has 1 atom stereocenters. The smallest absolute Gasteiger partial charge is 0.338 e. The van der Waals surface area contributed by atoms with Gasteiger partial charge in [0.2, 0.25) is 0 Å². The Bertz CT molecular complexity index is 1470. The number of thiazole rings is 1. The number of hydrogen-bond donors (Lipinski definition) is 0. The molecular weight excluding hydrogens is 447 g/mol. The van der Waals surface area contributed by atoms with Crippen molar-refractivity contribution in [1.82, 2.24) is 4.57 Å². The van der Waals surface area contributed by atoms with E-state index < -0.39 is 29.4 Å². The third-order valence-corrected chi connectivity index (χ3v) is 6.06. The highest BCUT2D eigenvalue weighted by Crippen LogP contribution is 2.31. The Balaban J connectivity index is 1.93. The summed E-state index contributed by atoms with van der Waals surface area (Å²) in [5.41, 5.74) is 1.08. The van der Waals surface area contributed by atoms with Crippen molar-refractivity contribution >= 4 is 29.4 Å². The lowest BCUT2D eigenvalue weighted by Crippen LogP contribution is -2.39. The van der Waals surface area contributed by atoms with Gasteiger partial charge in [0.1, 0.15) is 11.6 Å². The van der Waals surface area contributed by atoms with Crippen LogP contribution in [0.5, 0.6) is 5.75 Å². The summed E-state index contributed by atoms with van der Waals surface area (Å²) in [6.45, 7) is 2.96. The van der Waals surface area contributed by atoms with Gasteiger partial charge in [0.15, 0.2) is 4.80 Å². The van der Waals surface area contributed by atoms with Gasteiger partial charge < -0.3 is 9.47 Å². The van der Waals surface area contributed by atoms with Crippen LogP contribution < -0.4 is 19.6 Å². The summed E-state index contributed by atoms with van der Waals surface area (Å²) in [4.78, 5) is 42.1. The molecule has 9 heteroatoms. The minimum absolute atomic E-state index is 0.211. The van der Waals surface area contributed by atoms with Crippen LogP contribution in [0.4, 0.5) is 4.39 Å². The zero-order valence-electron chi connectivity index (χ0n) is 18.0. The fourth-order valence-electron chi connectivity index (χ4n) is 3.63. The lowest BCUT2D eigenvalue weighted by atomic mass is 9.96. The summed E-state index contributed by atoms with van der Waals surface area (Å²) in [5.74, 6) is -1.20. The number of ether oxygens (including phenoxy) is 2. The summed E-state index contributed by atoms with van der Waals surface area (Å²) in [5, 5.41) is 0. The predicted molar refractivity (Wildman–Crippen MR) is 120 cm³/mol. The largest absolute Gasteiger partial charge is 0.466 e. The molecule has 0 spiro atoms. The molecule has 0 N–H and O–H groups in total. The van der Waals surface area contributed by atoms with Gasteiger partial charge >= 0.3 is 11.9 Å². The number of aromatic nitrogens is 1. The fourth-order valence-corrected chi connectivity index (χ4v) is 4.66. The normalized spacial score (nSPS) is 15.6. The first-order valence-electron chi connectivity index (χ1n) is 9.94. The van der Waals surface area contributed by atoms with Crippen molar-refractivity contribution < 1.29 is 23.5 Å². The maximum atomic E-state index is 14.2. The number of benzene rings is 2. The van der Waals surface area contributed by atoms with Crippen molar-refractivity contribution in [2.45, 2.75) is 19.9 Å². The van der Waals surface area contributed by atoms with Crippen molar-refractivity contribution in [1.29, 1.82) is 0 Å². The summed E-state index contributed by atoms with van der Waals surface area (Å²) in [6.07, 6.45) is 1.47. The lowest BCUT2D eigenvalue weighted by Gasteiger charge is -2.24. The summed E-state index contributed by atoms with van der Waals surface area (Å²) < 4.78 is 25.9. The molecule has 1 unspecified atom stereocenters. The number of nitrogens with zero attached hydrogens (tertiary/aromatic N) is 2. The molecule has 0 saturated heterocycles. The molecule has 0 saturated carbocycles. The second-order valence-electron chi connectivity index (χ2n) is 7.26. The van der Waals surface area contributed by atoms with E-state index in [1.54, 1.807) is 49.4 Å². The van der Waals surface area contributed by atoms with Gasteiger partial charge in [-0.25, -0.2) is 14.2 Å². The average molecular weight is 466 g/mol. The quantitative estimate of drug-likeness (QED) is 0.436. The molecule has 1 aromatic heterocycles. The highest BCUT2D eigenvalue weighted by atomic mass is 32.1. The Morgan fingerprint density at radius 1 is 1.15 bits per heavy atom. The second kappa shape index (κ2) is 8.95. The molecular formula is C24H19FN2O5S. The molecule has 7 nitrogen and oxygen atoms in total. The van der Waals surface area contributed by atoms with E-state index in [0.29, 0.717) is 21.8 Å². The highest BCUT2D eigenvalue weighted by molar-refractivity contribution is 7.07. The number of carbonyl (C=O) groups excluding carboxylic acids is 2. The number of hydrogen-bond acceptors (Lipinski definition) is 7. The minimum Gasteiger partial charge on any atom is -0.466 e. The molecule has 168 valence electrons. The van der Waals surface area contributed by atoms with Crippen LogP contribution in [0.25, 0.3) is 6.08 Å². The first-order valence-corrected chi connectivity index (χ1v) is 10.8. The van der Waals surface area contributed by atoms with Gasteiger partial charge in [-0.1, -0.05) is 41.7 Å². The molecule has 3 aromatic rings. The minimum atomic E-state index is -0.817. The molecule has 0 radical (unpaired) electrons. The summed E-state index contributed by atoms with van der Waals surface area (Å²) >= 11 is 1.11. The van der Waals surface area contributed by atoms with Gasteiger partial charge in [0.05, 0.1) is 29.0 Å². The van der Waals surface area contributed by atoms with Gasteiger partial charge in [-0.2, -0.15) is 0 Å². The van der Waals surface area contributed by atoms with Crippen molar-refractivity contribution in [2.75, 3.05) is 7.11 Å². The second-order valence-corrected chi connectivity index (χ2v) is 8.27. The van der Waals surface area contributed by atoms with Gasteiger partial charge in [-0.05, 0) is 36.8 Å². The Hall–Kier alpha value is -3.85. The Labute approximate surface area is 191 Å². The van der Waals surface area contributed by atoms with Gasteiger partial charge in [-0.3, -0.25) is 14.2 Å². The van der Waals surface area contributed by atoms with E-state index in [4.69, 9.17) is 9.47 Å². The molecule has 33 heavy (non-hydrogen) atoms. The fraction of sp³-hybridized carbons (Fsp3) is 0.167. The summed E-state index contributed by atoms with van der Waals surface area (Å²) in [6, 6.07) is 11.8. The Kier molecular flexibility index (Phi) is 6.06. The van der Waals surface area contributed by atoms with E-state index in [0.717, 1.165) is 11.3 Å². The number of allylic oxidation sites excluding steroid dienone is 1. The van der Waals surface area contributed by atoms with E-state index in [1.165, 1.54) is 30.7 Å². The number of rotatable bonds is 4. The zero-order valence-corrected chi connectivity index (χ0v) is 18.8. The first-order chi connectivity index (χ1) is 15.8. The third-order valence-electron chi connectivity index (χ3n) is 5.08. The number of halogens is 1. The van der Waals surface area contributed by atoms with Crippen LogP contribution in [0.1, 0.15) is 31.0 Å². The molecule has 0 aliphatic carbocycles. The number of esters is 2. The standard InChI is InChI=1S/C24H19FN2O5S/c1-13-20(23(30)31-3)21(15-8-10-17(11-9-15)32-14(2)28)27-22(29)19(33-24(27)26-13)12-16-6-4-5-7-18(16)25/h4-12,21H,1-3H3. The Morgan fingerprint density at radius 2 is 1.85 bits per heavy atom. The van der Waals surface area contributed by atoms with E-state index >= 15 is 0 Å². The van der Waals surface area contributed by atoms with Crippen LogP contribution in [-0.4, -0.2) is 23.6 Å². The van der Waals surface area contributed by atoms with Crippen molar-refractivity contribution in [3.05, 3.63) is 96.4 Å². The zero-order chi connectivity index (χ0) is 23.7. The summed E-state index contributed by atoms with van der Waals surface area (Å²) in [7, 11) is 1.26. The van der Waals surface area contributed by atoms with E-state index in [9.17, 15) is 18.8 Å². The number of methoxy groups -OCH3 is 1. The topological polar surface area (TPSA) is 87.0 Å². The van der Waals surface area contributed by atoms with Crippen LogP contribution in [0.15, 0.2) is 69.6 Å². The molecule has 1 aliphatic rings. The molecule has 0 amide bonds. The maximum absolute atomic E-state index is 14.2. The van der Waals surface area contributed by atoms with Gasteiger partial charge in [-0.15, -0.1) is 0 Å². The molecule has 2 aromatic carbocycles. The third kappa shape index (κ3) is 4.27. The van der Waals surface area contributed by atoms with Crippen molar-refractivity contribution in [3.63, 3.8) is 0 Å². The highest BCUT2D eigenvalue weighted by Gasteiger charge is 2.33. The number of carbonyl (C=O) groups is 2. The van der Waals surface area contributed by atoms with Crippen LogP contribution in [0.2, 0.25) is 0 Å². The molecule has 2 heterocycles. The van der Waals surface area contributed by atoms with Gasteiger partial charge in [0.25, 0.3) is 5.56 Å². The monoisotopic (exact) mass is 466 g/mol. The average Bonchev–Trinajstić information content (AvgIpc) is 3.08. The van der Waals surface area contributed by atoms with Crippen molar-refractivity contribution in [3.8, 4) is 5.75 Å². The molecule has 0 fully saturated rings.